The van der Waals surface area contributed by atoms with E-state index in [4.69, 9.17) is 19.2 Å². The molecule has 1 aliphatic rings. The van der Waals surface area contributed by atoms with Crippen LogP contribution in [-0.2, 0) is 18.8 Å². The Bertz CT molecular complexity index is 507. The van der Waals surface area contributed by atoms with Crippen molar-refractivity contribution in [3.05, 3.63) is 29.8 Å². The molecule has 1 aliphatic heterocycles. The highest BCUT2D eigenvalue weighted by atomic mass is 16.7. The van der Waals surface area contributed by atoms with Crippen LogP contribution in [0.1, 0.15) is 39.4 Å². The Labute approximate surface area is 125 Å². The van der Waals surface area contributed by atoms with Gasteiger partial charge < -0.3 is 19.2 Å². The average Bonchev–Trinajstić information content (AvgIpc) is 2.59. The zero-order chi connectivity index (χ0) is 15.8. The molecule has 0 amide bonds. The summed E-state index contributed by atoms with van der Waals surface area (Å²) in [5.74, 6) is -1.01. The lowest BCUT2D eigenvalue weighted by Gasteiger charge is -2.32. The van der Waals surface area contributed by atoms with E-state index in [0.29, 0.717) is 5.56 Å². The number of carbonyl (C=O) groups is 1. The van der Waals surface area contributed by atoms with E-state index in [9.17, 15) is 4.79 Å². The second-order valence-electron chi connectivity index (χ2n) is 6.21. The molecule has 0 bridgehead atoms. The molecule has 1 unspecified atom stereocenters. The van der Waals surface area contributed by atoms with Gasteiger partial charge in [-0.2, -0.15) is 0 Å². The van der Waals surface area contributed by atoms with Gasteiger partial charge in [0.1, 0.15) is 0 Å². The molecule has 6 heteroatoms. The summed E-state index contributed by atoms with van der Waals surface area (Å²) in [5.41, 5.74) is 0.654. The smallest absolute Gasteiger partial charge is 0.479 e. The zero-order valence-corrected chi connectivity index (χ0v) is 13.0. The van der Waals surface area contributed by atoms with E-state index in [1.165, 1.54) is 7.11 Å². The highest BCUT2D eigenvalue weighted by Gasteiger charge is 2.51. The van der Waals surface area contributed by atoms with Crippen LogP contribution in [0, 0.1) is 0 Å². The van der Waals surface area contributed by atoms with Crippen molar-refractivity contribution in [2.75, 3.05) is 7.11 Å². The highest BCUT2D eigenvalue weighted by Crippen LogP contribution is 2.36. The first kappa shape index (κ1) is 16.0. The molecule has 1 aromatic rings. The van der Waals surface area contributed by atoms with Crippen molar-refractivity contribution >= 4 is 18.6 Å². The molecule has 1 N–H and O–H groups in total. The lowest BCUT2D eigenvalue weighted by Crippen LogP contribution is -2.41. The number of aliphatic carboxylic acids is 1. The van der Waals surface area contributed by atoms with E-state index >= 15 is 0 Å². The molecule has 5 nitrogen and oxygen atoms in total. The van der Waals surface area contributed by atoms with E-state index in [0.717, 1.165) is 5.46 Å². The van der Waals surface area contributed by atoms with Crippen molar-refractivity contribution in [2.24, 2.45) is 0 Å². The van der Waals surface area contributed by atoms with Crippen LogP contribution in [0.25, 0.3) is 0 Å². The Kier molecular flexibility index (Phi) is 4.15. The third-order valence-electron chi connectivity index (χ3n) is 4.22. The number of ether oxygens (including phenoxy) is 1. The largest absolute Gasteiger partial charge is 0.494 e. The Hall–Kier alpha value is -1.37. The number of methoxy groups -OCH3 is 1. The van der Waals surface area contributed by atoms with Gasteiger partial charge in [-0.25, -0.2) is 4.79 Å². The molecule has 0 saturated carbocycles. The summed E-state index contributed by atoms with van der Waals surface area (Å²) in [4.78, 5) is 11.1. The first-order valence-corrected chi connectivity index (χ1v) is 6.89. The summed E-state index contributed by atoms with van der Waals surface area (Å²) in [6, 6.07) is 7.07. The standard InChI is InChI=1S/C15H21BO5/c1-14(2)15(3,4)21-16(20-14)11-8-6-10(7-9-11)12(19-5)13(17)18/h6-9,12H,1-5H3,(H,17,18). The lowest BCUT2D eigenvalue weighted by atomic mass is 9.78. The summed E-state index contributed by atoms with van der Waals surface area (Å²) >= 11 is 0. The molecular formula is C15H21BO5. The van der Waals surface area contributed by atoms with Gasteiger partial charge in [-0.15, -0.1) is 0 Å². The normalized spacial score (nSPS) is 21.3. The third kappa shape index (κ3) is 2.97. The topological polar surface area (TPSA) is 65.0 Å². The van der Waals surface area contributed by atoms with Gasteiger partial charge in [-0.3, -0.25) is 0 Å². The van der Waals surface area contributed by atoms with Crippen molar-refractivity contribution in [1.82, 2.24) is 0 Å². The first-order valence-electron chi connectivity index (χ1n) is 6.89. The summed E-state index contributed by atoms with van der Waals surface area (Å²) < 4.78 is 16.9. The molecule has 2 rings (SSSR count). The maximum Gasteiger partial charge on any atom is 0.494 e. The number of carboxylic acids is 1. The molecule has 1 saturated heterocycles. The summed E-state index contributed by atoms with van der Waals surface area (Å²) in [6.45, 7) is 7.97. The van der Waals surface area contributed by atoms with E-state index < -0.39 is 30.4 Å². The molecule has 1 heterocycles. The summed E-state index contributed by atoms with van der Waals surface area (Å²) in [7, 11) is 0.927. The fourth-order valence-corrected chi connectivity index (χ4v) is 2.19. The van der Waals surface area contributed by atoms with Gasteiger partial charge in [0.2, 0.25) is 0 Å². The van der Waals surface area contributed by atoms with Crippen LogP contribution in [-0.4, -0.2) is 36.5 Å². The van der Waals surface area contributed by atoms with Crippen LogP contribution in [0.3, 0.4) is 0 Å². The SMILES string of the molecule is COC(C(=O)O)c1ccc(B2OC(C)(C)C(C)(C)O2)cc1. The fourth-order valence-electron chi connectivity index (χ4n) is 2.19. The molecule has 1 fully saturated rings. The zero-order valence-electron chi connectivity index (χ0n) is 13.0. The number of benzene rings is 1. The minimum absolute atomic E-state index is 0.396. The van der Waals surface area contributed by atoms with Crippen molar-refractivity contribution < 1.29 is 23.9 Å². The predicted octanol–water partition coefficient (Wildman–Crippen LogP) is 1.76. The molecule has 0 aliphatic carbocycles. The number of rotatable bonds is 4. The van der Waals surface area contributed by atoms with Gasteiger partial charge in [0.15, 0.2) is 6.10 Å². The predicted molar refractivity (Wildman–Crippen MR) is 79.5 cm³/mol. The van der Waals surface area contributed by atoms with Crippen LogP contribution in [0.2, 0.25) is 0 Å². The monoisotopic (exact) mass is 292 g/mol. The molecule has 114 valence electrons. The summed E-state index contributed by atoms with van der Waals surface area (Å²) in [6.07, 6.45) is -0.961. The van der Waals surface area contributed by atoms with Crippen molar-refractivity contribution in [3.8, 4) is 0 Å². The van der Waals surface area contributed by atoms with Gasteiger partial charge in [-0.1, -0.05) is 24.3 Å². The van der Waals surface area contributed by atoms with Crippen LogP contribution in [0.5, 0.6) is 0 Å². The average molecular weight is 292 g/mol. The molecule has 0 radical (unpaired) electrons. The van der Waals surface area contributed by atoms with Gasteiger partial charge in [0.25, 0.3) is 0 Å². The first-order chi connectivity index (χ1) is 9.68. The molecule has 0 spiro atoms. The molecule has 0 aromatic heterocycles. The van der Waals surface area contributed by atoms with Crippen molar-refractivity contribution in [2.45, 2.75) is 45.0 Å². The van der Waals surface area contributed by atoms with Crippen LogP contribution in [0.15, 0.2) is 24.3 Å². The van der Waals surface area contributed by atoms with Crippen LogP contribution in [0.4, 0.5) is 0 Å². The van der Waals surface area contributed by atoms with Gasteiger partial charge >= 0.3 is 13.1 Å². The summed E-state index contributed by atoms with van der Waals surface area (Å²) in [5, 5.41) is 9.07. The maximum absolute atomic E-state index is 11.1. The van der Waals surface area contributed by atoms with E-state index in [1.807, 2.05) is 39.8 Å². The minimum atomic E-state index is -1.01. The Morgan fingerprint density at radius 3 is 2.00 bits per heavy atom. The molecular weight excluding hydrogens is 271 g/mol. The maximum atomic E-state index is 11.1. The van der Waals surface area contributed by atoms with Crippen LogP contribution < -0.4 is 5.46 Å². The third-order valence-corrected chi connectivity index (χ3v) is 4.22. The van der Waals surface area contributed by atoms with Crippen molar-refractivity contribution in [3.63, 3.8) is 0 Å². The second kappa shape index (κ2) is 5.44. The van der Waals surface area contributed by atoms with Gasteiger partial charge in [0, 0.05) is 7.11 Å². The Morgan fingerprint density at radius 1 is 1.14 bits per heavy atom. The van der Waals surface area contributed by atoms with E-state index in [2.05, 4.69) is 0 Å². The highest BCUT2D eigenvalue weighted by molar-refractivity contribution is 6.62. The van der Waals surface area contributed by atoms with Crippen LogP contribution >= 0.6 is 0 Å². The molecule has 21 heavy (non-hydrogen) atoms. The second-order valence-corrected chi connectivity index (χ2v) is 6.21. The quantitative estimate of drug-likeness (QED) is 0.857. The van der Waals surface area contributed by atoms with E-state index in [-0.39, 0.29) is 0 Å². The number of hydrogen-bond donors (Lipinski definition) is 1. The number of hydrogen-bond acceptors (Lipinski definition) is 4. The molecule has 1 aromatic carbocycles. The fraction of sp³-hybridized carbons (Fsp3) is 0.533. The van der Waals surface area contributed by atoms with Gasteiger partial charge in [-0.05, 0) is 38.7 Å². The Morgan fingerprint density at radius 2 is 1.62 bits per heavy atom. The number of carboxylic acid groups (broad SMARTS) is 1. The lowest BCUT2D eigenvalue weighted by molar-refractivity contribution is -0.148. The Balaban J connectivity index is 2.19. The van der Waals surface area contributed by atoms with Crippen molar-refractivity contribution in [1.29, 1.82) is 0 Å². The van der Waals surface area contributed by atoms with Gasteiger partial charge in [0.05, 0.1) is 11.2 Å². The molecule has 1 atom stereocenters. The minimum Gasteiger partial charge on any atom is -0.479 e. The van der Waals surface area contributed by atoms with E-state index in [1.54, 1.807) is 12.1 Å².